The van der Waals surface area contributed by atoms with Crippen LogP contribution in [0.3, 0.4) is 0 Å². The Balaban J connectivity index is 1.85. The summed E-state index contributed by atoms with van der Waals surface area (Å²) >= 11 is 0. The van der Waals surface area contributed by atoms with Gasteiger partial charge >= 0.3 is 6.09 Å². The highest BCUT2D eigenvalue weighted by Gasteiger charge is 2.26. The van der Waals surface area contributed by atoms with Crippen molar-refractivity contribution in [2.45, 2.75) is 33.0 Å². The van der Waals surface area contributed by atoms with Crippen LogP contribution < -0.4 is 14.4 Å². The number of rotatable bonds is 7. The lowest BCUT2D eigenvalue weighted by Crippen LogP contribution is -2.34. The zero-order valence-corrected chi connectivity index (χ0v) is 19.0. The quantitative estimate of drug-likeness (QED) is 0.308. The van der Waals surface area contributed by atoms with Gasteiger partial charge in [0, 0.05) is 19.2 Å². The molecule has 0 aliphatic heterocycles. The monoisotopic (exact) mass is 450 g/mol. The Bertz CT molecular complexity index is 1130. The van der Waals surface area contributed by atoms with Gasteiger partial charge in [0.05, 0.1) is 4.92 Å². The maximum absolute atomic E-state index is 12.5. The first-order valence-electron chi connectivity index (χ1n) is 10.3. The molecule has 0 unspecified atom stereocenters. The van der Waals surface area contributed by atoms with Gasteiger partial charge in [-0.05, 0) is 44.5 Å². The van der Waals surface area contributed by atoms with E-state index in [0.717, 1.165) is 10.5 Å². The number of hydrogen-bond donors (Lipinski definition) is 0. The van der Waals surface area contributed by atoms with Gasteiger partial charge in [-0.15, -0.1) is 0 Å². The van der Waals surface area contributed by atoms with Gasteiger partial charge in [0.15, 0.2) is 11.5 Å². The normalized spacial score (nSPS) is 10.9. The van der Waals surface area contributed by atoms with Gasteiger partial charge in [-0.3, -0.25) is 15.0 Å². The fourth-order valence-corrected chi connectivity index (χ4v) is 2.93. The van der Waals surface area contributed by atoms with Gasteiger partial charge in [-0.25, -0.2) is 4.79 Å². The van der Waals surface area contributed by atoms with E-state index >= 15 is 0 Å². The molecule has 3 aromatic carbocycles. The summed E-state index contributed by atoms with van der Waals surface area (Å²) in [7, 11) is 1.41. The summed E-state index contributed by atoms with van der Waals surface area (Å²) in [5, 5.41) is 11.5. The Morgan fingerprint density at radius 1 is 0.970 bits per heavy atom. The lowest BCUT2D eigenvalue weighted by molar-refractivity contribution is -0.384. The molecule has 8 heteroatoms. The van der Waals surface area contributed by atoms with Crippen LogP contribution in [0.25, 0.3) is 0 Å². The van der Waals surface area contributed by atoms with Crippen molar-refractivity contribution < 1.29 is 23.9 Å². The molecule has 0 spiro atoms. The third-order valence-corrected chi connectivity index (χ3v) is 4.49. The summed E-state index contributed by atoms with van der Waals surface area (Å²) < 4.78 is 17.2. The van der Waals surface area contributed by atoms with Crippen LogP contribution in [0, 0.1) is 10.1 Å². The molecule has 0 fully saturated rings. The van der Waals surface area contributed by atoms with Crippen LogP contribution in [-0.2, 0) is 11.3 Å². The molecule has 1 amide bonds. The van der Waals surface area contributed by atoms with E-state index in [1.807, 2.05) is 36.4 Å². The first-order valence-corrected chi connectivity index (χ1v) is 10.3. The number of benzene rings is 3. The van der Waals surface area contributed by atoms with Crippen LogP contribution in [0.4, 0.5) is 16.2 Å². The van der Waals surface area contributed by atoms with Crippen LogP contribution in [0.5, 0.6) is 17.2 Å². The molecule has 33 heavy (non-hydrogen) atoms. The highest BCUT2D eigenvalue weighted by atomic mass is 16.6. The molecule has 0 aliphatic carbocycles. The van der Waals surface area contributed by atoms with Crippen LogP contribution in [-0.4, -0.2) is 23.7 Å². The van der Waals surface area contributed by atoms with Crippen molar-refractivity contribution in [3.8, 4) is 17.2 Å². The SMILES string of the molecule is CN(C(=O)OC(C)(C)C)c1cc(Oc2ccccc2OCc2ccccc2)ccc1[N+](=O)[O-]. The number of hydrogen-bond acceptors (Lipinski definition) is 6. The second kappa shape index (κ2) is 10.0. The lowest BCUT2D eigenvalue weighted by Gasteiger charge is -2.24. The van der Waals surface area contributed by atoms with E-state index in [2.05, 4.69) is 0 Å². The molecule has 0 N–H and O–H groups in total. The molecule has 0 aromatic heterocycles. The highest BCUT2D eigenvalue weighted by Crippen LogP contribution is 2.37. The van der Waals surface area contributed by atoms with Crippen LogP contribution >= 0.6 is 0 Å². The minimum absolute atomic E-state index is 0.0504. The largest absolute Gasteiger partial charge is 0.485 e. The predicted molar refractivity (Wildman–Crippen MR) is 125 cm³/mol. The average Bonchev–Trinajstić information content (AvgIpc) is 2.77. The van der Waals surface area contributed by atoms with Crippen molar-refractivity contribution in [3.05, 3.63) is 88.5 Å². The molecule has 0 radical (unpaired) electrons. The number of anilines is 1. The van der Waals surface area contributed by atoms with E-state index in [-0.39, 0.29) is 11.4 Å². The molecule has 3 aromatic rings. The number of amides is 1. The standard InChI is InChI=1S/C25H26N2O6/c1-25(2,3)33-24(28)26(4)21-16-19(14-15-20(21)27(29)30)32-23-13-9-8-12-22(23)31-17-18-10-6-5-7-11-18/h5-16H,17H2,1-4H3. The molecular weight excluding hydrogens is 424 g/mol. The van der Waals surface area contributed by atoms with E-state index in [9.17, 15) is 14.9 Å². The molecule has 0 atom stereocenters. The van der Waals surface area contributed by atoms with Crippen molar-refractivity contribution in [3.63, 3.8) is 0 Å². The summed E-state index contributed by atoms with van der Waals surface area (Å²) in [5.74, 6) is 1.26. The minimum Gasteiger partial charge on any atom is -0.485 e. The van der Waals surface area contributed by atoms with E-state index in [0.29, 0.717) is 23.9 Å². The van der Waals surface area contributed by atoms with E-state index in [4.69, 9.17) is 14.2 Å². The maximum Gasteiger partial charge on any atom is 0.414 e. The summed E-state index contributed by atoms with van der Waals surface area (Å²) in [6.45, 7) is 5.52. The summed E-state index contributed by atoms with van der Waals surface area (Å²) in [6, 6.07) is 21.0. The summed E-state index contributed by atoms with van der Waals surface area (Å²) in [4.78, 5) is 24.6. The molecule has 0 heterocycles. The van der Waals surface area contributed by atoms with Crippen molar-refractivity contribution in [2.75, 3.05) is 11.9 Å². The molecule has 172 valence electrons. The molecule has 0 aliphatic rings. The zero-order chi connectivity index (χ0) is 24.0. The summed E-state index contributed by atoms with van der Waals surface area (Å²) in [5.41, 5.74) is 0.0613. The predicted octanol–water partition coefficient (Wildman–Crippen LogP) is 6.34. The van der Waals surface area contributed by atoms with Crippen molar-refractivity contribution >= 4 is 17.5 Å². The van der Waals surface area contributed by atoms with Gasteiger partial charge in [0.25, 0.3) is 5.69 Å². The van der Waals surface area contributed by atoms with Crippen molar-refractivity contribution in [2.24, 2.45) is 0 Å². The second-order valence-corrected chi connectivity index (χ2v) is 8.27. The van der Waals surface area contributed by atoms with Gasteiger partial charge in [-0.1, -0.05) is 42.5 Å². The third kappa shape index (κ3) is 6.46. The first kappa shape index (κ1) is 23.6. The number of nitro groups is 1. The lowest BCUT2D eigenvalue weighted by atomic mass is 10.2. The van der Waals surface area contributed by atoms with Crippen LogP contribution in [0.2, 0.25) is 0 Å². The fourth-order valence-electron chi connectivity index (χ4n) is 2.93. The first-order chi connectivity index (χ1) is 15.6. The number of carbonyl (C=O) groups is 1. The Labute approximate surface area is 192 Å². The van der Waals surface area contributed by atoms with Crippen LogP contribution in [0.15, 0.2) is 72.8 Å². The number of carbonyl (C=O) groups excluding carboxylic acids is 1. The average molecular weight is 450 g/mol. The van der Waals surface area contributed by atoms with E-state index in [1.165, 1.54) is 25.2 Å². The van der Waals surface area contributed by atoms with Crippen molar-refractivity contribution in [1.82, 2.24) is 0 Å². The minimum atomic E-state index is -0.747. The van der Waals surface area contributed by atoms with E-state index < -0.39 is 16.6 Å². The number of para-hydroxylation sites is 2. The zero-order valence-electron chi connectivity index (χ0n) is 19.0. The smallest absolute Gasteiger partial charge is 0.414 e. The fraction of sp³-hybridized carbons (Fsp3) is 0.240. The number of nitro benzene ring substituents is 1. The van der Waals surface area contributed by atoms with Gasteiger partial charge < -0.3 is 14.2 Å². The van der Waals surface area contributed by atoms with Gasteiger partial charge in [0.1, 0.15) is 23.6 Å². The maximum atomic E-state index is 12.5. The highest BCUT2D eigenvalue weighted by molar-refractivity contribution is 5.90. The van der Waals surface area contributed by atoms with Crippen LogP contribution in [0.1, 0.15) is 26.3 Å². The Morgan fingerprint density at radius 2 is 1.61 bits per heavy atom. The van der Waals surface area contributed by atoms with Gasteiger partial charge in [0.2, 0.25) is 0 Å². The molecule has 8 nitrogen and oxygen atoms in total. The molecule has 0 bridgehead atoms. The Kier molecular flexibility index (Phi) is 7.17. The summed E-state index contributed by atoms with van der Waals surface area (Å²) in [6.07, 6.45) is -0.714. The van der Waals surface area contributed by atoms with E-state index in [1.54, 1.807) is 39.0 Å². The second-order valence-electron chi connectivity index (χ2n) is 8.27. The number of ether oxygens (including phenoxy) is 3. The number of nitrogens with zero attached hydrogens (tertiary/aromatic N) is 2. The molecule has 0 saturated carbocycles. The molecular formula is C25H26N2O6. The molecule has 0 saturated heterocycles. The Morgan fingerprint density at radius 3 is 2.24 bits per heavy atom. The topological polar surface area (TPSA) is 91.1 Å². The molecule has 3 rings (SSSR count). The Hall–Kier alpha value is -4.07. The van der Waals surface area contributed by atoms with Crippen molar-refractivity contribution in [1.29, 1.82) is 0 Å². The van der Waals surface area contributed by atoms with Gasteiger partial charge in [-0.2, -0.15) is 0 Å². The third-order valence-electron chi connectivity index (χ3n) is 4.49.